The first-order chi connectivity index (χ1) is 15.5. The highest BCUT2D eigenvalue weighted by Crippen LogP contribution is 2.24. The number of unbranched alkanes of at least 4 members (excludes halogenated alkanes) is 5. The lowest BCUT2D eigenvalue weighted by Gasteiger charge is -2.24. The van der Waals surface area contributed by atoms with Crippen molar-refractivity contribution in [2.45, 2.75) is 77.8 Å². The van der Waals surface area contributed by atoms with Gasteiger partial charge in [-0.3, -0.25) is 4.90 Å². The summed E-state index contributed by atoms with van der Waals surface area (Å²) in [7, 11) is 0. The Bertz CT molecular complexity index is 932. The first kappa shape index (κ1) is 24.5. The number of benzene rings is 3. The fourth-order valence-corrected chi connectivity index (χ4v) is 4.44. The molecule has 2 nitrogen and oxygen atoms in total. The monoisotopic (exact) mass is 430 g/mol. The Hall–Kier alpha value is -2.16. The lowest BCUT2D eigenvalue weighted by molar-refractivity contribution is 0.251. The van der Waals surface area contributed by atoms with Gasteiger partial charge in [0.2, 0.25) is 0 Å². The van der Waals surface area contributed by atoms with Crippen LogP contribution in [0.5, 0.6) is 0 Å². The quantitative estimate of drug-likeness (QED) is 0.303. The van der Waals surface area contributed by atoms with Gasteiger partial charge in [-0.05, 0) is 58.8 Å². The molecule has 0 amide bonds. The van der Waals surface area contributed by atoms with Gasteiger partial charge in [-0.1, -0.05) is 113 Å². The maximum atomic E-state index is 5.62. The van der Waals surface area contributed by atoms with Gasteiger partial charge in [-0.2, -0.15) is 0 Å². The second-order valence-corrected chi connectivity index (χ2v) is 10.2. The number of nitrogens with two attached hydrogens (primary N) is 1. The average molecular weight is 431 g/mol. The van der Waals surface area contributed by atoms with Crippen LogP contribution < -0.4 is 5.73 Å². The molecule has 0 aliphatic rings. The molecule has 0 aliphatic carbocycles. The molecule has 3 rings (SSSR count). The number of nitrogens with zero attached hydrogens (tertiary/aromatic N) is 1. The molecule has 2 N–H and O–H groups in total. The lowest BCUT2D eigenvalue weighted by Crippen LogP contribution is -2.24. The molecule has 0 saturated carbocycles. The van der Waals surface area contributed by atoms with Gasteiger partial charge in [0, 0.05) is 13.1 Å². The van der Waals surface area contributed by atoms with Gasteiger partial charge in [0.25, 0.3) is 0 Å². The van der Waals surface area contributed by atoms with Crippen molar-refractivity contribution in [1.82, 2.24) is 4.90 Å². The van der Waals surface area contributed by atoms with Crippen molar-refractivity contribution >= 4 is 10.8 Å². The Balaban J connectivity index is 1.67. The van der Waals surface area contributed by atoms with Crippen LogP contribution in [0.25, 0.3) is 10.8 Å². The van der Waals surface area contributed by atoms with Gasteiger partial charge in [0.1, 0.15) is 0 Å². The van der Waals surface area contributed by atoms with E-state index in [1.807, 2.05) is 0 Å². The van der Waals surface area contributed by atoms with Crippen molar-refractivity contribution in [1.29, 1.82) is 0 Å². The van der Waals surface area contributed by atoms with Gasteiger partial charge in [-0.25, -0.2) is 0 Å². The number of hydrogen-bond acceptors (Lipinski definition) is 2. The Morgan fingerprint density at radius 2 is 1.34 bits per heavy atom. The molecule has 0 spiro atoms. The highest BCUT2D eigenvalue weighted by atomic mass is 15.1. The summed E-state index contributed by atoms with van der Waals surface area (Å²) in [6, 6.07) is 24.7. The van der Waals surface area contributed by atoms with Gasteiger partial charge >= 0.3 is 0 Å². The van der Waals surface area contributed by atoms with Gasteiger partial charge in [0.15, 0.2) is 0 Å². The molecule has 0 fully saturated rings. The molecule has 0 aromatic heterocycles. The van der Waals surface area contributed by atoms with Crippen molar-refractivity contribution in [3.63, 3.8) is 0 Å². The zero-order valence-corrected chi connectivity index (χ0v) is 20.4. The van der Waals surface area contributed by atoms with Gasteiger partial charge in [0.05, 0.1) is 0 Å². The third kappa shape index (κ3) is 7.46. The van der Waals surface area contributed by atoms with Crippen LogP contribution in [0.3, 0.4) is 0 Å². The number of fused-ring (bicyclic) bond motifs is 1. The van der Waals surface area contributed by atoms with Crippen LogP contribution in [0.15, 0.2) is 66.7 Å². The normalized spacial score (nSPS) is 12.0. The Morgan fingerprint density at radius 3 is 2.06 bits per heavy atom. The zero-order chi connectivity index (χ0) is 22.8. The van der Waals surface area contributed by atoms with Crippen molar-refractivity contribution < 1.29 is 0 Å². The highest BCUT2D eigenvalue weighted by Gasteiger charge is 2.14. The van der Waals surface area contributed by atoms with Crippen molar-refractivity contribution in [3.05, 3.63) is 83.4 Å². The maximum Gasteiger partial charge on any atom is 0.0243 e. The van der Waals surface area contributed by atoms with Crippen LogP contribution in [-0.2, 0) is 18.5 Å². The third-order valence-corrected chi connectivity index (χ3v) is 6.43. The Morgan fingerprint density at radius 1 is 0.688 bits per heavy atom. The minimum Gasteiger partial charge on any atom is -0.330 e. The molecule has 3 aromatic rings. The van der Waals surface area contributed by atoms with E-state index in [1.165, 1.54) is 59.6 Å². The maximum absolute atomic E-state index is 5.62. The molecule has 0 bridgehead atoms. The average Bonchev–Trinajstić information content (AvgIpc) is 2.78. The molecule has 0 radical (unpaired) electrons. The fourth-order valence-electron chi connectivity index (χ4n) is 4.44. The van der Waals surface area contributed by atoms with Gasteiger partial charge in [-0.15, -0.1) is 0 Å². The number of rotatable bonds is 12. The van der Waals surface area contributed by atoms with E-state index in [9.17, 15) is 0 Å². The third-order valence-electron chi connectivity index (χ3n) is 6.43. The van der Waals surface area contributed by atoms with Crippen LogP contribution in [0, 0.1) is 0 Å². The first-order valence-corrected chi connectivity index (χ1v) is 12.5. The van der Waals surface area contributed by atoms with E-state index in [4.69, 9.17) is 5.73 Å². The van der Waals surface area contributed by atoms with E-state index in [0.29, 0.717) is 0 Å². The molecular weight excluding hydrogens is 388 g/mol. The summed E-state index contributed by atoms with van der Waals surface area (Å²) in [6.07, 6.45) is 7.64. The SMILES string of the molecule is CC(C)(C)c1ccc(CN(CCCCCCCCN)Cc2cccc3ccccc23)cc1. The van der Waals surface area contributed by atoms with E-state index in [2.05, 4.69) is 92.4 Å². The Labute approximate surface area is 195 Å². The summed E-state index contributed by atoms with van der Waals surface area (Å²) >= 11 is 0. The summed E-state index contributed by atoms with van der Waals surface area (Å²) in [5.74, 6) is 0. The molecule has 0 aliphatic heterocycles. The van der Waals surface area contributed by atoms with E-state index < -0.39 is 0 Å². The lowest BCUT2D eigenvalue weighted by atomic mass is 9.87. The molecule has 0 heterocycles. The highest BCUT2D eigenvalue weighted by molar-refractivity contribution is 5.85. The second kappa shape index (κ2) is 12.2. The van der Waals surface area contributed by atoms with E-state index in [-0.39, 0.29) is 5.41 Å². The molecule has 2 heteroatoms. The summed E-state index contributed by atoms with van der Waals surface area (Å²) < 4.78 is 0. The summed E-state index contributed by atoms with van der Waals surface area (Å²) in [6.45, 7) is 10.8. The molecule has 32 heavy (non-hydrogen) atoms. The van der Waals surface area contributed by atoms with Crippen LogP contribution in [0.4, 0.5) is 0 Å². The predicted octanol–water partition coefficient (Wildman–Crippen LogP) is 7.44. The van der Waals surface area contributed by atoms with E-state index in [0.717, 1.165) is 32.6 Å². The summed E-state index contributed by atoms with van der Waals surface area (Å²) in [4.78, 5) is 2.63. The van der Waals surface area contributed by atoms with Crippen molar-refractivity contribution in [3.8, 4) is 0 Å². The minimum absolute atomic E-state index is 0.199. The molecule has 3 aromatic carbocycles. The van der Waals surface area contributed by atoms with E-state index in [1.54, 1.807) is 0 Å². The molecule has 0 unspecified atom stereocenters. The standard InChI is InChI=1S/C30H42N2/c1-30(2,3)28-19-17-25(18-20-28)23-32(22-11-7-5-4-6-10-21-31)24-27-15-12-14-26-13-8-9-16-29(26)27/h8-9,12-20H,4-7,10-11,21-24,31H2,1-3H3. The largest absolute Gasteiger partial charge is 0.330 e. The predicted molar refractivity (Wildman–Crippen MR) is 140 cm³/mol. The van der Waals surface area contributed by atoms with Crippen LogP contribution in [0.2, 0.25) is 0 Å². The minimum atomic E-state index is 0.199. The van der Waals surface area contributed by atoms with Crippen LogP contribution >= 0.6 is 0 Å². The molecule has 172 valence electrons. The topological polar surface area (TPSA) is 29.3 Å². The van der Waals surface area contributed by atoms with Gasteiger partial charge < -0.3 is 5.73 Å². The molecular formula is C30H42N2. The van der Waals surface area contributed by atoms with E-state index >= 15 is 0 Å². The smallest absolute Gasteiger partial charge is 0.0243 e. The summed E-state index contributed by atoms with van der Waals surface area (Å²) in [5.41, 5.74) is 10.1. The summed E-state index contributed by atoms with van der Waals surface area (Å²) in [5, 5.41) is 2.71. The first-order valence-electron chi connectivity index (χ1n) is 12.5. The molecule has 0 saturated heterocycles. The number of hydrogen-bond donors (Lipinski definition) is 1. The van der Waals surface area contributed by atoms with Crippen LogP contribution in [0.1, 0.15) is 76.0 Å². The zero-order valence-electron chi connectivity index (χ0n) is 20.4. The van der Waals surface area contributed by atoms with Crippen molar-refractivity contribution in [2.75, 3.05) is 13.1 Å². The van der Waals surface area contributed by atoms with Crippen LogP contribution in [-0.4, -0.2) is 18.0 Å². The van der Waals surface area contributed by atoms with Crippen molar-refractivity contribution in [2.24, 2.45) is 5.73 Å². The molecule has 0 atom stereocenters. The second-order valence-electron chi connectivity index (χ2n) is 10.2. The fraction of sp³-hybridized carbons (Fsp3) is 0.467. The Kier molecular flexibility index (Phi) is 9.32.